The van der Waals surface area contributed by atoms with Gasteiger partial charge in [0, 0.05) is 0 Å². The Bertz CT molecular complexity index is 389. The zero-order chi connectivity index (χ0) is 11.6. The summed E-state index contributed by atoms with van der Waals surface area (Å²) in [4.78, 5) is 11.1. The average molecular weight is 238 g/mol. The Balaban J connectivity index is 3.23. The summed E-state index contributed by atoms with van der Waals surface area (Å²) in [6.45, 7) is 0. The van der Waals surface area contributed by atoms with Gasteiger partial charge in [0.15, 0.2) is 0 Å². The van der Waals surface area contributed by atoms with Crippen LogP contribution in [0.5, 0.6) is 0 Å². The average Bonchev–Trinajstić information content (AvgIpc) is 2.15. The van der Waals surface area contributed by atoms with Crippen LogP contribution >= 0.6 is 11.6 Å². The van der Waals surface area contributed by atoms with Crippen molar-refractivity contribution in [2.45, 2.75) is 6.18 Å². The highest BCUT2D eigenvalue weighted by Gasteiger charge is 2.33. The molecule has 0 bridgehead atoms. The minimum Gasteiger partial charge on any atom is -0.411 e. The largest absolute Gasteiger partial charge is 0.417 e. The molecular weight excluding hydrogens is 231 g/mol. The van der Waals surface area contributed by atoms with Crippen LogP contribution in [0.25, 0.3) is 0 Å². The second kappa shape index (κ2) is 4.20. The van der Waals surface area contributed by atoms with Gasteiger partial charge in [-0.1, -0.05) is 11.6 Å². The minimum absolute atomic E-state index is 0.0817. The SMILES string of the molecule is [CH2-][NH2+]C(=O)c1ccc(Cl)c(C(F)(F)F)c1. The zero-order valence-corrected chi connectivity index (χ0v) is 8.19. The van der Waals surface area contributed by atoms with E-state index in [4.69, 9.17) is 11.6 Å². The highest BCUT2D eigenvalue weighted by molar-refractivity contribution is 6.31. The Morgan fingerprint density at radius 1 is 1.40 bits per heavy atom. The van der Waals surface area contributed by atoms with E-state index in [1.54, 1.807) is 0 Å². The van der Waals surface area contributed by atoms with Crippen LogP contribution in [0, 0.1) is 7.05 Å². The number of amides is 1. The van der Waals surface area contributed by atoms with Crippen molar-refractivity contribution in [1.29, 1.82) is 0 Å². The van der Waals surface area contributed by atoms with Crippen molar-refractivity contribution in [3.05, 3.63) is 41.4 Å². The monoisotopic (exact) mass is 237 g/mol. The summed E-state index contributed by atoms with van der Waals surface area (Å²) < 4.78 is 37.1. The minimum atomic E-state index is -4.56. The fourth-order valence-corrected chi connectivity index (χ4v) is 1.24. The second-order valence-electron chi connectivity index (χ2n) is 2.76. The highest BCUT2D eigenvalue weighted by atomic mass is 35.5. The zero-order valence-electron chi connectivity index (χ0n) is 7.44. The van der Waals surface area contributed by atoms with Gasteiger partial charge < -0.3 is 5.32 Å². The Labute approximate surface area is 89.0 Å². The van der Waals surface area contributed by atoms with E-state index in [1.807, 2.05) is 0 Å². The van der Waals surface area contributed by atoms with E-state index in [0.29, 0.717) is 6.07 Å². The number of carbonyl (C=O) groups excluding carboxylic acids is 1. The van der Waals surface area contributed by atoms with Gasteiger partial charge >= 0.3 is 12.1 Å². The molecule has 0 fully saturated rings. The number of hydrogen-bond acceptors (Lipinski definition) is 1. The molecule has 0 spiro atoms. The van der Waals surface area contributed by atoms with Crippen molar-refractivity contribution in [3.63, 3.8) is 0 Å². The molecule has 0 atom stereocenters. The van der Waals surface area contributed by atoms with Gasteiger partial charge in [-0.05, 0) is 18.2 Å². The van der Waals surface area contributed by atoms with Crippen molar-refractivity contribution in [3.8, 4) is 0 Å². The summed E-state index contributed by atoms with van der Waals surface area (Å²) in [5.74, 6) is -0.572. The van der Waals surface area contributed by atoms with Gasteiger partial charge in [-0.3, -0.25) is 0 Å². The van der Waals surface area contributed by atoms with Crippen LogP contribution in [0.4, 0.5) is 13.2 Å². The number of quaternary nitrogens is 1. The van der Waals surface area contributed by atoms with Crippen molar-refractivity contribution >= 4 is 17.5 Å². The molecule has 0 heterocycles. The van der Waals surface area contributed by atoms with Crippen LogP contribution in [-0.2, 0) is 6.18 Å². The third-order valence-electron chi connectivity index (χ3n) is 1.74. The molecule has 15 heavy (non-hydrogen) atoms. The van der Waals surface area contributed by atoms with Crippen LogP contribution in [0.15, 0.2) is 18.2 Å². The maximum atomic E-state index is 12.4. The number of benzene rings is 1. The van der Waals surface area contributed by atoms with Crippen molar-refractivity contribution in [1.82, 2.24) is 0 Å². The van der Waals surface area contributed by atoms with Crippen molar-refractivity contribution < 1.29 is 23.3 Å². The third-order valence-corrected chi connectivity index (χ3v) is 2.07. The fraction of sp³-hybridized carbons (Fsp3) is 0.111. The molecule has 0 aromatic heterocycles. The van der Waals surface area contributed by atoms with Crippen LogP contribution in [0.3, 0.4) is 0 Å². The lowest BCUT2D eigenvalue weighted by atomic mass is 10.1. The van der Waals surface area contributed by atoms with E-state index in [2.05, 4.69) is 7.05 Å². The first kappa shape index (κ1) is 12.0. The molecule has 0 aliphatic rings. The Kier molecular flexibility index (Phi) is 3.36. The molecule has 0 radical (unpaired) electrons. The van der Waals surface area contributed by atoms with Crippen molar-refractivity contribution in [2.75, 3.05) is 0 Å². The van der Waals surface area contributed by atoms with Gasteiger partial charge in [0.05, 0.1) is 16.1 Å². The summed E-state index contributed by atoms with van der Waals surface area (Å²) in [5, 5.41) is 0.520. The first-order valence-corrected chi connectivity index (χ1v) is 4.27. The van der Waals surface area contributed by atoms with Gasteiger partial charge in [-0.25, -0.2) is 4.79 Å². The van der Waals surface area contributed by atoms with E-state index in [9.17, 15) is 18.0 Å². The molecule has 0 saturated carbocycles. The molecule has 2 N–H and O–H groups in total. The van der Waals surface area contributed by atoms with Gasteiger partial charge in [-0.15, -0.1) is 7.05 Å². The normalized spacial score (nSPS) is 11.5. The molecule has 1 aromatic rings. The molecule has 1 rings (SSSR count). The molecule has 0 aliphatic carbocycles. The number of nitrogens with two attached hydrogens (primary N) is 1. The molecular formula is C9H7ClF3NO. The van der Waals surface area contributed by atoms with Gasteiger partial charge in [0.2, 0.25) is 0 Å². The number of alkyl halides is 3. The lowest BCUT2D eigenvalue weighted by Crippen LogP contribution is -2.81. The molecule has 82 valence electrons. The maximum absolute atomic E-state index is 12.4. The third kappa shape index (κ3) is 2.70. The predicted molar refractivity (Wildman–Crippen MR) is 48.1 cm³/mol. The van der Waals surface area contributed by atoms with Crippen LogP contribution in [0.1, 0.15) is 15.9 Å². The second-order valence-corrected chi connectivity index (χ2v) is 3.17. The fourth-order valence-electron chi connectivity index (χ4n) is 1.01. The van der Waals surface area contributed by atoms with E-state index in [-0.39, 0.29) is 5.56 Å². The molecule has 0 aliphatic heterocycles. The number of halogens is 4. The summed E-state index contributed by atoms with van der Waals surface area (Å²) in [6.07, 6.45) is -4.56. The Morgan fingerprint density at radius 3 is 2.47 bits per heavy atom. The molecule has 6 heteroatoms. The van der Waals surface area contributed by atoms with E-state index in [1.165, 1.54) is 6.07 Å². The van der Waals surface area contributed by atoms with Crippen LogP contribution in [0.2, 0.25) is 5.02 Å². The summed E-state index contributed by atoms with van der Waals surface area (Å²) in [5.41, 5.74) is -1.10. The quantitative estimate of drug-likeness (QED) is 0.743. The highest BCUT2D eigenvalue weighted by Crippen LogP contribution is 2.34. The van der Waals surface area contributed by atoms with Gasteiger partial charge in [-0.2, -0.15) is 13.2 Å². The van der Waals surface area contributed by atoms with E-state index in [0.717, 1.165) is 11.4 Å². The van der Waals surface area contributed by atoms with Gasteiger partial charge in [0.25, 0.3) is 0 Å². The molecule has 0 saturated heterocycles. The number of carbonyl (C=O) groups is 1. The van der Waals surface area contributed by atoms with E-state index >= 15 is 0 Å². The predicted octanol–water partition coefficient (Wildman–Crippen LogP) is 1.85. The molecule has 1 amide bonds. The lowest BCUT2D eigenvalue weighted by molar-refractivity contribution is -0.489. The van der Waals surface area contributed by atoms with E-state index < -0.39 is 22.7 Å². The molecule has 2 nitrogen and oxygen atoms in total. The maximum Gasteiger partial charge on any atom is 0.417 e. The van der Waals surface area contributed by atoms with Crippen LogP contribution < -0.4 is 5.32 Å². The lowest BCUT2D eigenvalue weighted by Gasteiger charge is -2.09. The first-order chi connectivity index (χ1) is 6.86. The first-order valence-electron chi connectivity index (χ1n) is 3.90. The Morgan fingerprint density at radius 2 is 2.00 bits per heavy atom. The topological polar surface area (TPSA) is 33.7 Å². The van der Waals surface area contributed by atoms with Crippen molar-refractivity contribution in [2.24, 2.45) is 0 Å². The van der Waals surface area contributed by atoms with Crippen LogP contribution in [-0.4, -0.2) is 5.91 Å². The summed E-state index contributed by atoms with van der Waals surface area (Å²) in [7, 11) is 3.19. The molecule has 1 aromatic carbocycles. The smallest absolute Gasteiger partial charge is 0.411 e. The van der Waals surface area contributed by atoms with Gasteiger partial charge in [0.1, 0.15) is 0 Å². The molecule has 0 unspecified atom stereocenters. The summed E-state index contributed by atoms with van der Waals surface area (Å²) >= 11 is 5.37. The Hall–Kier alpha value is -1.07. The number of primary amides is 1. The standard InChI is InChI=1S/C9H7ClF3NO/c1-14-8(15)5-2-3-7(10)6(4-5)9(11,12)13/h2-4H,1,14H2. The number of hydrogen-bond donors (Lipinski definition) is 1. The number of rotatable bonds is 1. The summed E-state index contributed by atoms with van der Waals surface area (Å²) in [6, 6.07) is 2.98.